The first-order valence-electron chi connectivity index (χ1n) is 11.4. The maximum absolute atomic E-state index is 10.8. The Hall–Kier alpha value is -3.93. The van der Waals surface area contributed by atoms with Gasteiger partial charge >= 0.3 is 5.97 Å². The summed E-state index contributed by atoms with van der Waals surface area (Å²) in [5.74, 6) is 1.45. The van der Waals surface area contributed by atoms with Gasteiger partial charge in [0.05, 0.1) is 18.0 Å². The molecule has 0 bridgehead atoms. The largest absolute Gasteiger partial charge is 0.494 e. The number of oxazole rings is 1. The van der Waals surface area contributed by atoms with Gasteiger partial charge in [-0.2, -0.15) is 0 Å². The molecular formula is C28H28N2O4. The van der Waals surface area contributed by atoms with Gasteiger partial charge in [0.15, 0.2) is 0 Å². The SMILES string of the molecule is Cc1cc(OCCCc2nc(-c3ccc(-c4ccccn4)cc3)oc2C)ccc1CCC(=O)O. The number of carbonyl (C=O) groups is 1. The molecule has 34 heavy (non-hydrogen) atoms. The molecular weight excluding hydrogens is 428 g/mol. The predicted octanol–water partition coefficient (Wildman–Crippen LogP) is 6.05. The van der Waals surface area contributed by atoms with Crippen molar-refractivity contribution in [3.05, 3.63) is 89.4 Å². The molecule has 0 aliphatic rings. The number of ether oxygens (including phenoxy) is 1. The molecule has 1 N–H and O–H groups in total. The van der Waals surface area contributed by atoms with E-state index in [-0.39, 0.29) is 6.42 Å². The summed E-state index contributed by atoms with van der Waals surface area (Å²) in [6.45, 7) is 4.48. The minimum Gasteiger partial charge on any atom is -0.494 e. The van der Waals surface area contributed by atoms with E-state index in [0.29, 0.717) is 18.9 Å². The zero-order valence-corrected chi connectivity index (χ0v) is 19.5. The lowest BCUT2D eigenvalue weighted by Crippen LogP contribution is -2.02. The first kappa shape index (κ1) is 23.2. The Balaban J connectivity index is 1.31. The molecule has 4 rings (SSSR count). The minimum absolute atomic E-state index is 0.133. The van der Waals surface area contributed by atoms with E-state index in [4.69, 9.17) is 19.2 Å². The molecule has 0 atom stereocenters. The molecule has 0 radical (unpaired) electrons. The number of pyridine rings is 1. The van der Waals surface area contributed by atoms with Crippen molar-refractivity contribution in [2.45, 2.75) is 39.5 Å². The molecule has 4 aromatic rings. The van der Waals surface area contributed by atoms with Gasteiger partial charge in [-0.15, -0.1) is 0 Å². The number of carboxylic acid groups (broad SMARTS) is 1. The van der Waals surface area contributed by atoms with Crippen molar-refractivity contribution in [1.29, 1.82) is 0 Å². The molecule has 0 saturated heterocycles. The first-order valence-corrected chi connectivity index (χ1v) is 11.4. The van der Waals surface area contributed by atoms with Gasteiger partial charge in [-0.1, -0.05) is 24.3 Å². The standard InChI is InChI=1S/C28H28N2O4/c1-19-18-24(14-12-21(19)13-15-27(31)32)33-17-5-7-25-20(2)34-28(30-25)23-10-8-22(9-11-23)26-6-3-4-16-29-26/h3-4,6,8-12,14,16,18H,5,7,13,15,17H2,1-2H3,(H,31,32). The maximum atomic E-state index is 10.8. The van der Waals surface area contributed by atoms with Gasteiger partial charge in [0.25, 0.3) is 0 Å². The number of hydrogen-bond donors (Lipinski definition) is 1. The van der Waals surface area contributed by atoms with Gasteiger partial charge in [0, 0.05) is 23.7 Å². The molecule has 6 nitrogen and oxygen atoms in total. The zero-order chi connectivity index (χ0) is 23.9. The lowest BCUT2D eigenvalue weighted by atomic mass is 10.0. The van der Waals surface area contributed by atoms with Crippen molar-refractivity contribution in [2.75, 3.05) is 6.61 Å². The number of benzene rings is 2. The maximum Gasteiger partial charge on any atom is 0.303 e. The molecule has 6 heteroatoms. The van der Waals surface area contributed by atoms with E-state index in [1.807, 2.05) is 74.5 Å². The van der Waals surface area contributed by atoms with Crippen molar-refractivity contribution in [3.63, 3.8) is 0 Å². The van der Waals surface area contributed by atoms with Crippen molar-refractivity contribution >= 4 is 5.97 Å². The van der Waals surface area contributed by atoms with Crippen LogP contribution in [0.25, 0.3) is 22.7 Å². The number of rotatable bonds is 10. The summed E-state index contributed by atoms with van der Waals surface area (Å²) in [6, 6.07) is 19.7. The highest BCUT2D eigenvalue weighted by atomic mass is 16.5. The monoisotopic (exact) mass is 456 g/mol. The van der Waals surface area contributed by atoms with E-state index < -0.39 is 5.97 Å². The second-order valence-electron chi connectivity index (χ2n) is 8.25. The van der Waals surface area contributed by atoms with Gasteiger partial charge in [0.1, 0.15) is 11.5 Å². The second kappa shape index (κ2) is 10.8. The number of hydrogen-bond acceptors (Lipinski definition) is 5. The molecule has 0 aliphatic heterocycles. The van der Waals surface area contributed by atoms with Crippen LogP contribution >= 0.6 is 0 Å². The van der Waals surface area contributed by atoms with Crippen LogP contribution in [0.3, 0.4) is 0 Å². The number of aliphatic carboxylic acids is 1. The fourth-order valence-electron chi connectivity index (χ4n) is 3.81. The Morgan fingerprint density at radius 3 is 2.50 bits per heavy atom. The van der Waals surface area contributed by atoms with Crippen molar-refractivity contribution < 1.29 is 19.1 Å². The number of aromatic nitrogens is 2. The molecule has 174 valence electrons. The van der Waals surface area contributed by atoms with Crippen LogP contribution in [-0.4, -0.2) is 27.7 Å². The highest BCUT2D eigenvalue weighted by Crippen LogP contribution is 2.26. The predicted molar refractivity (Wildman–Crippen MR) is 131 cm³/mol. The topological polar surface area (TPSA) is 85.5 Å². The van der Waals surface area contributed by atoms with Crippen LogP contribution < -0.4 is 4.74 Å². The van der Waals surface area contributed by atoms with E-state index in [2.05, 4.69) is 4.98 Å². The average Bonchev–Trinajstić information content (AvgIpc) is 3.22. The van der Waals surface area contributed by atoms with Crippen molar-refractivity contribution in [3.8, 4) is 28.5 Å². The minimum atomic E-state index is -0.785. The molecule has 2 heterocycles. The molecule has 2 aromatic carbocycles. The van der Waals surface area contributed by atoms with Crippen LogP contribution in [0, 0.1) is 13.8 Å². The van der Waals surface area contributed by atoms with Gasteiger partial charge in [0.2, 0.25) is 5.89 Å². The molecule has 0 unspecified atom stereocenters. The molecule has 0 amide bonds. The average molecular weight is 457 g/mol. The third-order valence-corrected chi connectivity index (χ3v) is 5.73. The van der Waals surface area contributed by atoms with E-state index in [9.17, 15) is 4.79 Å². The number of carboxylic acids is 1. The Bertz CT molecular complexity index is 1250. The smallest absolute Gasteiger partial charge is 0.303 e. The summed E-state index contributed by atoms with van der Waals surface area (Å²) in [7, 11) is 0. The van der Waals surface area contributed by atoms with E-state index in [1.165, 1.54) is 0 Å². The Kier molecular flexibility index (Phi) is 7.38. The summed E-state index contributed by atoms with van der Waals surface area (Å²) in [5, 5.41) is 8.86. The van der Waals surface area contributed by atoms with Crippen LogP contribution in [0.15, 0.2) is 71.3 Å². The van der Waals surface area contributed by atoms with Crippen molar-refractivity contribution in [1.82, 2.24) is 9.97 Å². The molecule has 0 saturated carbocycles. The molecule has 0 spiro atoms. The third-order valence-electron chi connectivity index (χ3n) is 5.73. The van der Waals surface area contributed by atoms with Crippen molar-refractivity contribution in [2.24, 2.45) is 0 Å². The summed E-state index contributed by atoms with van der Waals surface area (Å²) >= 11 is 0. The number of nitrogens with zero attached hydrogens (tertiary/aromatic N) is 2. The van der Waals surface area contributed by atoms with E-state index >= 15 is 0 Å². The van der Waals surface area contributed by atoms with Gasteiger partial charge < -0.3 is 14.3 Å². The Labute approximate surface area is 199 Å². The highest BCUT2D eigenvalue weighted by Gasteiger charge is 2.12. The molecule has 0 aliphatic carbocycles. The Morgan fingerprint density at radius 1 is 1.00 bits per heavy atom. The van der Waals surface area contributed by atoms with Gasteiger partial charge in [-0.05, 0) is 80.6 Å². The lowest BCUT2D eigenvalue weighted by molar-refractivity contribution is -0.136. The fourth-order valence-corrected chi connectivity index (χ4v) is 3.81. The zero-order valence-electron chi connectivity index (χ0n) is 19.5. The highest BCUT2D eigenvalue weighted by molar-refractivity contribution is 5.67. The molecule has 2 aromatic heterocycles. The second-order valence-corrected chi connectivity index (χ2v) is 8.25. The fraction of sp³-hybridized carbons (Fsp3) is 0.250. The third kappa shape index (κ3) is 5.90. The molecule has 0 fully saturated rings. The lowest BCUT2D eigenvalue weighted by Gasteiger charge is -2.09. The van der Waals surface area contributed by atoms with Crippen LogP contribution in [0.2, 0.25) is 0 Å². The van der Waals surface area contributed by atoms with Crippen LogP contribution in [0.4, 0.5) is 0 Å². The van der Waals surface area contributed by atoms with Gasteiger partial charge in [-0.25, -0.2) is 4.98 Å². The summed E-state index contributed by atoms with van der Waals surface area (Å²) in [4.78, 5) is 19.9. The summed E-state index contributed by atoms with van der Waals surface area (Å²) in [5.41, 5.74) is 5.94. The normalized spacial score (nSPS) is 10.9. The first-order chi connectivity index (χ1) is 16.5. The van der Waals surface area contributed by atoms with Crippen LogP contribution in [0.5, 0.6) is 5.75 Å². The van der Waals surface area contributed by atoms with E-state index in [0.717, 1.165) is 58.0 Å². The van der Waals surface area contributed by atoms with Gasteiger partial charge in [-0.3, -0.25) is 9.78 Å². The van der Waals surface area contributed by atoms with E-state index in [1.54, 1.807) is 6.20 Å². The Morgan fingerprint density at radius 2 is 1.79 bits per heavy atom. The summed E-state index contributed by atoms with van der Waals surface area (Å²) in [6.07, 6.45) is 4.02. The number of aryl methyl sites for hydroxylation is 4. The van der Waals surface area contributed by atoms with Crippen LogP contribution in [0.1, 0.15) is 35.4 Å². The summed E-state index contributed by atoms with van der Waals surface area (Å²) < 4.78 is 11.8. The quantitative estimate of drug-likeness (QED) is 0.292. The van der Waals surface area contributed by atoms with Crippen LogP contribution in [-0.2, 0) is 17.6 Å².